The van der Waals surface area contributed by atoms with E-state index < -0.39 is 0 Å². The summed E-state index contributed by atoms with van der Waals surface area (Å²) in [5, 5.41) is 13.4. The van der Waals surface area contributed by atoms with Gasteiger partial charge in [-0.2, -0.15) is 0 Å². The first-order valence-electron chi connectivity index (χ1n) is 7.13. The Kier molecular flexibility index (Phi) is 4.45. The lowest BCUT2D eigenvalue weighted by molar-refractivity contribution is -0.0156. The van der Waals surface area contributed by atoms with Crippen molar-refractivity contribution in [1.29, 1.82) is 0 Å². The average molecular weight is 241 g/mol. The minimum absolute atomic E-state index is 0.0662. The molecule has 3 nitrogen and oxygen atoms in total. The summed E-state index contributed by atoms with van der Waals surface area (Å²) < 4.78 is 5.94. The average Bonchev–Trinajstić information content (AvgIpc) is 2.61. The van der Waals surface area contributed by atoms with E-state index in [4.69, 9.17) is 4.74 Å². The molecule has 3 heteroatoms. The van der Waals surface area contributed by atoms with Crippen molar-refractivity contribution < 1.29 is 9.84 Å². The summed E-state index contributed by atoms with van der Waals surface area (Å²) in [5.74, 6) is 0.457. The lowest BCUT2D eigenvalue weighted by atomic mass is 9.86. The molecule has 2 aliphatic rings. The van der Waals surface area contributed by atoms with Crippen LogP contribution in [0.3, 0.4) is 0 Å². The number of rotatable bonds is 4. The van der Waals surface area contributed by atoms with Gasteiger partial charge < -0.3 is 15.2 Å². The minimum atomic E-state index is -0.0859. The maximum absolute atomic E-state index is 9.87. The van der Waals surface area contributed by atoms with Crippen LogP contribution in [0, 0.1) is 5.92 Å². The van der Waals surface area contributed by atoms with Crippen LogP contribution in [0.2, 0.25) is 0 Å². The molecule has 0 spiro atoms. The third-order valence-electron chi connectivity index (χ3n) is 4.20. The van der Waals surface area contributed by atoms with Gasteiger partial charge in [0.25, 0.3) is 0 Å². The van der Waals surface area contributed by atoms with Crippen molar-refractivity contribution in [3.63, 3.8) is 0 Å². The maximum atomic E-state index is 9.87. The van der Waals surface area contributed by atoms with Crippen molar-refractivity contribution in [2.24, 2.45) is 5.92 Å². The van der Waals surface area contributed by atoms with Gasteiger partial charge in [0.15, 0.2) is 0 Å². The molecule has 0 aromatic heterocycles. The van der Waals surface area contributed by atoms with Crippen LogP contribution < -0.4 is 5.32 Å². The number of hydrogen-bond acceptors (Lipinski definition) is 3. The molecule has 1 saturated carbocycles. The van der Waals surface area contributed by atoms with E-state index in [0.717, 1.165) is 32.4 Å². The molecule has 17 heavy (non-hydrogen) atoms. The van der Waals surface area contributed by atoms with Gasteiger partial charge in [0, 0.05) is 13.1 Å². The number of nitrogens with one attached hydrogen (secondary N) is 1. The van der Waals surface area contributed by atoms with Crippen LogP contribution in [0.25, 0.3) is 0 Å². The number of aliphatic hydroxyl groups excluding tert-OH is 1. The van der Waals surface area contributed by atoms with Gasteiger partial charge in [-0.1, -0.05) is 12.8 Å². The third-order valence-corrected chi connectivity index (χ3v) is 4.20. The highest BCUT2D eigenvalue weighted by Crippen LogP contribution is 2.29. The van der Waals surface area contributed by atoms with E-state index >= 15 is 0 Å². The fraction of sp³-hybridized carbons (Fsp3) is 1.00. The summed E-state index contributed by atoms with van der Waals surface area (Å²) >= 11 is 0. The highest BCUT2D eigenvalue weighted by Gasteiger charge is 2.31. The first-order chi connectivity index (χ1) is 8.07. The first-order valence-corrected chi connectivity index (χ1v) is 7.13. The quantitative estimate of drug-likeness (QED) is 0.792. The van der Waals surface area contributed by atoms with Crippen molar-refractivity contribution >= 4 is 0 Å². The molecule has 1 aliphatic carbocycles. The van der Waals surface area contributed by atoms with Crippen LogP contribution in [0.15, 0.2) is 0 Å². The molecule has 0 bridgehead atoms. The second-order valence-corrected chi connectivity index (χ2v) is 6.31. The molecular weight excluding hydrogens is 214 g/mol. The van der Waals surface area contributed by atoms with Gasteiger partial charge in [0.1, 0.15) is 0 Å². The summed E-state index contributed by atoms with van der Waals surface area (Å²) in [5.41, 5.74) is 0.0662. The topological polar surface area (TPSA) is 41.5 Å². The normalized spacial score (nSPS) is 37.2. The van der Waals surface area contributed by atoms with Crippen LogP contribution in [0.1, 0.15) is 52.4 Å². The van der Waals surface area contributed by atoms with Gasteiger partial charge in [-0.05, 0) is 45.4 Å². The van der Waals surface area contributed by atoms with Crippen LogP contribution in [-0.2, 0) is 4.74 Å². The molecule has 0 amide bonds. The van der Waals surface area contributed by atoms with E-state index in [0.29, 0.717) is 12.0 Å². The highest BCUT2D eigenvalue weighted by molar-refractivity contribution is 4.83. The highest BCUT2D eigenvalue weighted by atomic mass is 16.5. The van der Waals surface area contributed by atoms with Gasteiger partial charge in [-0.3, -0.25) is 0 Å². The van der Waals surface area contributed by atoms with Gasteiger partial charge in [0.2, 0.25) is 0 Å². The van der Waals surface area contributed by atoms with Gasteiger partial charge >= 0.3 is 0 Å². The van der Waals surface area contributed by atoms with Crippen molar-refractivity contribution in [2.75, 3.05) is 13.1 Å². The second kappa shape index (κ2) is 5.68. The van der Waals surface area contributed by atoms with Gasteiger partial charge in [-0.25, -0.2) is 0 Å². The zero-order valence-corrected chi connectivity index (χ0v) is 11.2. The standard InChI is InChI=1S/C14H27NO2/c1-14(2)8-7-12(17-14)10-15-9-11-5-3-4-6-13(11)16/h11-13,15-16H,3-10H2,1-2H3. The van der Waals surface area contributed by atoms with Crippen molar-refractivity contribution in [3.05, 3.63) is 0 Å². The van der Waals surface area contributed by atoms with Crippen molar-refractivity contribution in [1.82, 2.24) is 5.32 Å². The molecule has 3 unspecified atom stereocenters. The lowest BCUT2D eigenvalue weighted by Gasteiger charge is -2.28. The minimum Gasteiger partial charge on any atom is -0.393 e. The SMILES string of the molecule is CC1(C)CCC(CNCC2CCCCC2O)O1. The summed E-state index contributed by atoms with van der Waals surface area (Å²) in [6.45, 7) is 6.21. The van der Waals surface area contributed by atoms with Crippen LogP contribution in [0.4, 0.5) is 0 Å². The predicted octanol–water partition coefficient (Wildman–Crippen LogP) is 2.08. The molecule has 2 rings (SSSR count). The van der Waals surface area contributed by atoms with E-state index in [1.54, 1.807) is 0 Å². The Morgan fingerprint density at radius 1 is 1.18 bits per heavy atom. The van der Waals surface area contributed by atoms with Crippen molar-refractivity contribution in [2.45, 2.75) is 70.2 Å². The number of hydrogen-bond donors (Lipinski definition) is 2. The predicted molar refractivity (Wildman–Crippen MR) is 69.0 cm³/mol. The molecule has 1 saturated heterocycles. The number of ether oxygens (including phenoxy) is 1. The fourth-order valence-corrected chi connectivity index (χ4v) is 3.08. The second-order valence-electron chi connectivity index (χ2n) is 6.31. The van der Waals surface area contributed by atoms with Crippen LogP contribution in [-0.4, -0.2) is 36.0 Å². The summed E-state index contributed by atoms with van der Waals surface area (Å²) in [6, 6.07) is 0. The Balaban J connectivity index is 1.63. The zero-order valence-electron chi connectivity index (χ0n) is 11.2. The molecular formula is C14H27NO2. The van der Waals surface area contributed by atoms with E-state index in [-0.39, 0.29) is 11.7 Å². The molecule has 0 aromatic carbocycles. The Morgan fingerprint density at radius 2 is 1.94 bits per heavy atom. The fourth-order valence-electron chi connectivity index (χ4n) is 3.08. The van der Waals surface area contributed by atoms with E-state index in [1.165, 1.54) is 19.3 Å². The Labute approximate surface area is 105 Å². The van der Waals surface area contributed by atoms with Crippen LogP contribution in [0.5, 0.6) is 0 Å². The number of aliphatic hydroxyl groups is 1. The van der Waals surface area contributed by atoms with Crippen LogP contribution >= 0.6 is 0 Å². The van der Waals surface area contributed by atoms with E-state index in [1.807, 2.05) is 0 Å². The van der Waals surface area contributed by atoms with Crippen molar-refractivity contribution in [3.8, 4) is 0 Å². The molecule has 1 heterocycles. The Morgan fingerprint density at radius 3 is 2.59 bits per heavy atom. The Hall–Kier alpha value is -0.120. The smallest absolute Gasteiger partial charge is 0.0707 e. The van der Waals surface area contributed by atoms with Gasteiger partial charge in [0.05, 0.1) is 17.8 Å². The maximum Gasteiger partial charge on any atom is 0.0707 e. The summed E-state index contributed by atoms with van der Waals surface area (Å²) in [7, 11) is 0. The van der Waals surface area contributed by atoms with E-state index in [9.17, 15) is 5.11 Å². The molecule has 2 fully saturated rings. The zero-order chi connectivity index (χ0) is 12.3. The molecule has 100 valence electrons. The molecule has 0 aromatic rings. The summed E-state index contributed by atoms with van der Waals surface area (Å²) in [6.07, 6.45) is 7.22. The van der Waals surface area contributed by atoms with Gasteiger partial charge in [-0.15, -0.1) is 0 Å². The largest absolute Gasteiger partial charge is 0.393 e. The molecule has 3 atom stereocenters. The molecule has 0 radical (unpaired) electrons. The molecule has 2 N–H and O–H groups in total. The lowest BCUT2D eigenvalue weighted by Crippen LogP contribution is -2.37. The Bertz CT molecular complexity index is 242. The monoisotopic (exact) mass is 241 g/mol. The molecule has 1 aliphatic heterocycles. The summed E-state index contributed by atoms with van der Waals surface area (Å²) in [4.78, 5) is 0. The first kappa shape index (κ1) is 13.3. The van der Waals surface area contributed by atoms with E-state index in [2.05, 4.69) is 19.2 Å². The third kappa shape index (κ3) is 3.94.